The van der Waals surface area contributed by atoms with Gasteiger partial charge in [0.2, 0.25) is 5.91 Å². The maximum atomic E-state index is 13.7. The zero-order valence-electron chi connectivity index (χ0n) is 21.8. The minimum absolute atomic E-state index is 0. The van der Waals surface area contributed by atoms with Gasteiger partial charge in [-0.05, 0) is 97.9 Å². The van der Waals surface area contributed by atoms with Crippen molar-refractivity contribution in [2.24, 2.45) is 5.92 Å². The van der Waals surface area contributed by atoms with Gasteiger partial charge in [0, 0.05) is 43.2 Å². The lowest BCUT2D eigenvalue weighted by atomic mass is 9.84. The van der Waals surface area contributed by atoms with Crippen LogP contribution in [0.3, 0.4) is 0 Å². The second-order valence-corrected chi connectivity index (χ2v) is 10.4. The van der Waals surface area contributed by atoms with E-state index in [1.165, 1.54) is 40.8 Å². The van der Waals surface area contributed by atoms with Gasteiger partial charge in [-0.25, -0.2) is 4.39 Å². The Morgan fingerprint density at radius 2 is 1.76 bits per heavy atom. The molecule has 1 aliphatic carbocycles. The monoisotopic (exact) mass is 533 g/mol. The second-order valence-electron chi connectivity index (χ2n) is 10.4. The molecule has 2 aliphatic rings. The topological polar surface area (TPSA) is 45.2 Å². The summed E-state index contributed by atoms with van der Waals surface area (Å²) in [5.41, 5.74) is 5.83. The number of rotatable bonds is 7. The average molecular weight is 534 g/mol. The fourth-order valence-corrected chi connectivity index (χ4v) is 5.69. The van der Waals surface area contributed by atoms with Gasteiger partial charge in [-0.15, -0.1) is 12.4 Å². The quantitative estimate of drug-likeness (QED) is 0.353. The third-order valence-electron chi connectivity index (χ3n) is 7.96. The van der Waals surface area contributed by atoms with E-state index in [-0.39, 0.29) is 30.2 Å². The highest BCUT2D eigenvalue weighted by Crippen LogP contribution is 2.28. The van der Waals surface area contributed by atoms with E-state index in [1.807, 2.05) is 18.5 Å². The fraction of sp³-hybridized carbons (Fsp3) is 0.375. The van der Waals surface area contributed by atoms with Crippen LogP contribution in [0.4, 0.5) is 4.39 Å². The van der Waals surface area contributed by atoms with E-state index >= 15 is 0 Å². The number of hydrogen-bond donors (Lipinski definition) is 1. The highest BCUT2D eigenvalue weighted by molar-refractivity contribution is 5.91. The Hall–Kier alpha value is -3.02. The number of fused-ring (bicyclic) bond motifs is 1. The molecular formula is C32H37ClFN3O. The Balaban J connectivity index is 0.00000336. The summed E-state index contributed by atoms with van der Waals surface area (Å²) in [6, 6.07) is 17.7. The third-order valence-corrected chi connectivity index (χ3v) is 7.96. The normalized spacial score (nSPS) is 19.8. The Morgan fingerprint density at radius 1 is 0.974 bits per heavy atom. The molecule has 1 aliphatic heterocycles. The number of carbonyl (C=O) groups is 1. The molecule has 0 atom stereocenters. The molecule has 1 N–H and O–H groups in total. The van der Waals surface area contributed by atoms with Crippen LogP contribution in [0.1, 0.15) is 48.8 Å². The van der Waals surface area contributed by atoms with Crippen LogP contribution in [0, 0.1) is 11.7 Å². The Labute approximate surface area is 231 Å². The zero-order valence-corrected chi connectivity index (χ0v) is 22.6. The Morgan fingerprint density at radius 3 is 2.53 bits per heavy atom. The van der Waals surface area contributed by atoms with Crippen LogP contribution in [-0.4, -0.2) is 41.5 Å². The van der Waals surface area contributed by atoms with Crippen molar-refractivity contribution in [1.29, 1.82) is 0 Å². The van der Waals surface area contributed by atoms with E-state index in [4.69, 9.17) is 0 Å². The zero-order chi connectivity index (χ0) is 25.5. The number of pyridine rings is 1. The third kappa shape index (κ3) is 7.52. The average Bonchev–Trinajstić information content (AvgIpc) is 3.14. The molecule has 1 saturated carbocycles. The summed E-state index contributed by atoms with van der Waals surface area (Å²) in [7, 11) is 0. The van der Waals surface area contributed by atoms with Crippen molar-refractivity contribution >= 4 is 24.4 Å². The molecule has 0 saturated heterocycles. The summed E-state index contributed by atoms with van der Waals surface area (Å²) >= 11 is 0. The molecule has 200 valence electrons. The number of aromatic nitrogens is 1. The molecule has 5 rings (SSSR count). The summed E-state index contributed by atoms with van der Waals surface area (Å²) in [5.74, 6) is 0.280. The molecule has 0 spiro atoms. The number of nitrogens with zero attached hydrogens (tertiary/aromatic N) is 2. The molecule has 0 radical (unpaired) electrons. The van der Waals surface area contributed by atoms with E-state index < -0.39 is 0 Å². The highest BCUT2D eigenvalue weighted by atomic mass is 35.5. The van der Waals surface area contributed by atoms with Crippen LogP contribution in [-0.2, 0) is 17.6 Å². The molecule has 6 heteroatoms. The molecule has 2 heterocycles. The van der Waals surface area contributed by atoms with E-state index in [1.54, 1.807) is 24.3 Å². The van der Waals surface area contributed by atoms with Gasteiger partial charge >= 0.3 is 0 Å². The number of halogens is 2. The minimum atomic E-state index is -0.310. The van der Waals surface area contributed by atoms with Gasteiger partial charge in [-0.1, -0.05) is 42.5 Å². The van der Waals surface area contributed by atoms with Crippen LogP contribution in [0.25, 0.3) is 17.2 Å². The van der Waals surface area contributed by atoms with Gasteiger partial charge in [0.25, 0.3) is 0 Å². The van der Waals surface area contributed by atoms with Crippen molar-refractivity contribution in [2.45, 2.75) is 51.0 Å². The van der Waals surface area contributed by atoms with Crippen molar-refractivity contribution < 1.29 is 9.18 Å². The Bertz CT molecular complexity index is 1220. The summed E-state index contributed by atoms with van der Waals surface area (Å²) in [4.78, 5) is 19.2. The fourth-order valence-electron chi connectivity index (χ4n) is 5.69. The number of benzene rings is 2. The lowest BCUT2D eigenvalue weighted by Crippen LogP contribution is -2.37. The lowest BCUT2D eigenvalue weighted by Gasteiger charge is -2.30. The van der Waals surface area contributed by atoms with Crippen LogP contribution in [0.2, 0.25) is 0 Å². The SMILES string of the molecule is Cl.O=C(/C=C/c1ccccc1F)NC1CCC(CCN2CCc3ccc(-c4cccnc4)cc3CC2)CC1. The molecule has 4 nitrogen and oxygen atoms in total. The smallest absolute Gasteiger partial charge is 0.244 e. The van der Waals surface area contributed by atoms with Crippen molar-refractivity contribution in [3.8, 4) is 11.1 Å². The summed E-state index contributed by atoms with van der Waals surface area (Å²) < 4.78 is 13.7. The van der Waals surface area contributed by atoms with Gasteiger partial charge < -0.3 is 10.2 Å². The predicted molar refractivity (Wildman–Crippen MR) is 155 cm³/mol. The largest absolute Gasteiger partial charge is 0.350 e. The maximum Gasteiger partial charge on any atom is 0.244 e. The standard InChI is InChI=1S/C32H36FN3O.ClH/c33-31-6-2-1-4-26(31)11-14-32(37)35-30-12-7-24(8-13-30)15-19-36-20-16-25-9-10-27(22-28(25)17-21-36)29-5-3-18-34-23-29;/h1-6,9-11,14,18,22-24,30H,7-8,12-13,15-17,19-21H2,(H,35,37);1H/b14-11+;. The van der Waals surface area contributed by atoms with E-state index in [0.717, 1.165) is 64.1 Å². The van der Waals surface area contributed by atoms with Gasteiger partial charge in [0.15, 0.2) is 0 Å². The molecule has 2 aromatic carbocycles. The molecule has 0 bridgehead atoms. The van der Waals surface area contributed by atoms with Gasteiger partial charge in [-0.2, -0.15) is 0 Å². The molecular weight excluding hydrogens is 497 g/mol. The minimum Gasteiger partial charge on any atom is -0.350 e. The Kier molecular flexibility index (Phi) is 10.1. The van der Waals surface area contributed by atoms with Gasteiger partial charge in [-0.3, -0.25) is 9.78 Å². The molecule has 1 amide bonds. The molecule has 1 aromatic heterocycles. The first-order valence-electron chi connectivity index (χ1n) is 13.6. The molecule has 38 heavy (non-hydrogen) atoms. The van der Waals surface area contributed by atoms with Crippen molar-refractivity contribution in [1.82, 2.24) is 15.2 Å². The number of hydrogen-bond acceptors (Lipinski definition) is 3. The predicted octanol–water partition coefficient (Wildman–Crippen LogP) is 6.49. The van der Waals surface area contributed by atoms with E-state index in [0.29, 0.717) is 5.56 Å². The number of carbonyl (C=O) groups excluding carboxylic acids is 1. The van der Waals surface area contributed by atoms with Crippen LogP contribution < -0.4 is 5.32 Å². The molecule has 1 fully saturated rings. The van der Waals surface area contributed by atoms with Crippen molar-refractivity contribution in [2.75, 3.05) is 19.6 Å². The van der Waals surface area contributed by atoms with Crippen LogP contribution in [0.5, 0.6) is 0 Å². The first kappa shape index (κ1) is 28.0. The molecule has 3 aromatic rings. The highest BCUT2D eigenvalue weighted by Gasteiger charge is 2.23. The summed E-state index contributed by atoms with van der Waals surface area (Å²) in [6.45, 7) is 3.39. The lowest BCUT2D eigenvalue weighted by molar-refractivity contribution is -0.117. The molecule has 0 unspecified atom stereocenters. The van der Waals surface area contributed by atoms with Crippen LogP contribution in [0.15, 0.2) is 73.1 Å². The van der Waals surface area contributed by atoms with Gasteiger partial charge in [0.05, 0.1) is 0 Å². The van der Waals surface area contributed by atoms with Crippen molar-refractivity contribution in [3.05, 3.63) is 95.6 Å². The number of nitrogens with one attached hydrogen (secondary N) is 1. The van der Waals surface area contributed by atoms with Crippen molar-refractivity contribution in [3.63, 3.8) is 0 Å². The second kappa shape index (κ2) is 13.7. The first-order chi connectivity index (χ1) is 18.1. The first-order valence-corrected chi connectivity index (χ1v) is 13.6. The maximum absolute atomic E-state index is 13.7. The summed E-state index contributed by atoms with van der Waals surface area (Å²) in [6.07, 6.45) is 14.6. The van der Waals surface area contributed by atoms with E-state index in [2.05, 4.69) is 39.5 Å². The van der Waals surface area contributed by atoms with Crippen LogP contribution >= 0.6 is 12.4 Å². The number of amides is 1. The summed E-state index contributed by atoms with van der Waals surface area (Å²) in [5, 5.41) is 3.11. The van der Waals surface area contributed by atoms with Gasteiger partial charge in [0.1, 0.15) is 5.82 Å². The van der Waals surface area contributed by atoms with E-state index in [9.17, 15) is 9.18 Å².